The van der Waals surface area contributed by atoms with Crippen molar-refractivity contribution in [3.05, 3.63) is 24.4 Å². The van der Waals surface area contributed by atoms with Crippen LogP contribution in [0, 0.1) is 5.92 Å². The molecule has 0 spiro atoms. The third-order valence-electron chi connectivity index (χ3n) is 2.82. The molecule has 2 heterocycles. The Morgan fingerprint density at radius 3 is 2.56 bits per heavy atom. The Labute approximate surface area is 101 Å². The first-order valence-corrected chi connectivity index (χ1v) is 5.16. The van der Waals surface area contributed by atoms with Gasteiger partial charge in [-0.3, -0.25) is 4.79 Å². The number of carboxylic acids is 1. The first-order valence-electron chi connectivity index (χ1n) is 5.16. The SMILES string of the molecule is Cl.O=C(O)C1CCN(c2ccccn2)CC1. The Bertz CT molecular complexity index is 337. The number of carbonyl (C=O) groups is 1. The van der Waals surface area contributed by atoms with Gasteiger partial charge in [-0.15, -0.1) is 12.4 Å². The van der Waals surface area contributed by atoms with Crippen LogP contribution in [-0.2, 0) is 4.79 Å². The minimum atomic E-state index is -0.671. The van der Waals surface area contributed by atoms with Crippen LogP contribution >= 0.6 is 12.4 Å². The topological polar surface area (TPSA) is 53.4 Å². The van der Waals surface area contributed by atoms with Crippen molar-refractivity contribution in [1.29, 1.82) is 0 Å². The van der Waals surface area contributed by atoms with Gasteiger partial charge in [-0.25, -0.2) is 4.98 Å². The Kier molecular flexibility index (Phi) is 4.55. The zero-order valence-electron chi connectivity index (χ0n) is 8.87. The molecule has 0 bridgehead atoms. The number of piperidine rings is 1. The fraction of sp³-hybridized carbons (Fsp3) is 0.455. The summed E-state index contributed by atoms with van der Waals surface area (Å²) >= 11 is 0. The minimum absolute atomic E-state index is 0. The second kappa shape index (κ2) is 5.70. The molecule has 1 N–H and O–H groups in total. The zero-order valence-corrected chi connectivity index (χ0v) is 9.69. The summed E-state index contributed by atoms with van der Waals surface area (Å²) in [5, 5.41) is 8.86. The predicted octanol–water partition coefficient (Wildman–Crippen LogP) is 1.80. The van der Waals surface area contributed by atoms with Crippen molar-refractivity contribution >= 4 is 24.2 Å². The summed E-state index contributed by atoms with van der Waals surface area (Å²) in [6, 6.07) is 5.79. The molecule has 0 unspecified atom stereocenters. The normalized spacial score (nSPS) is 16.6. The Morgan fingerprint density at radius 1 is 1.38 bits per heavy atom. The van der Waals surface area contributed by atoms with Crippen molar-refractivity contribution in [3.63, 3.8) is 0 Å². The van der Waals surface area contributed by atoms with Crippen molar-refractivity contribution in [2.24, 2.45) is 5.92 Å². The Morgan fingerprint density at radius 2 is 2.06 bits per heavy atom. The van der Waals surface area contributed by atoms with E-state index in [0.717, 1.165) is 18.9 Å². The monoisotopic (exact) mass is 242 g/mol. The van der Waals surface area contributed by atoms with E-state index in [0.29, 0.717) is 12.8 Å². The first-order chi connectivity index (χ1) is 7.27. The van der Waals surface area contributed by atoms with Gasteiger partial charge in [0, 0.05) is 19.3 Å². The molecule has 0 atom stereocenters. The minimum Gasteiger partial charge on any atom is -0.481 e. The maximum Gasteiger partial charge on any atom is 0.306 e. The fourth-order valence-electron chi connectivity index (χ4n) is 1.90. The summed E-state index contributed by atoms with van der Waals surface area (Å²) in [6.07, 6.45) is 3.19. The van der Waals surface area contributed by atoms with Crippen LogP contribution in [0.4, 0.5) is 5.82 Å². The quantitative estimate of drug-likeness (QED) is 0.859. The lowest BCUT2D eigenvalue weighted by molar-refractivity contribution is -0.142. The molecule has 0 aromatic carbocycles. The van der Waals surface area contributed by atoms with Crippen molar-refractivity contribution in [3.8, 4) is 0 Å². The molecule has 1 aromatic heterocycles. The van der Waals surface area contributed by atoms with E-state index >= 15 is 0 Å². The number of pyridine rings is 1. The Balaban J connectivity index is 0.00000128. The lowest BCUT2D eigenvalue weighted by atomic mass is 9.97. The molecule has 5 heteroatoms. The highest BCUT2D eigenvalue weighted by atomic mass is 35.5. The summed E-state index contributed by atoms with van der Waals surface area (Å²) in [4.78, 5) is 17.2. The van der Waals surface area contributed by atoms with Gasteiger partial charge < -0.3 is 10.0 Å². The number of nitrogens with zero attached hydrogens (tertiary/aromatic N) is 2. The molecular formula is C11H15ClN2O2. The molecule has 0 amide bonds. The van der Waals surface area contributed by atoms with Crippen LogP contribution in [0.2, 0.25) is 0 Å². The van der Waals surface area contributed by atoms with Crippen LogP contribution in [0.25, 0.3) is 0 Å². The standard InChI is InChI=1S/C11H14N2O2.ClH/c14-11(15)9-4-7-13(8-5-9)10-3-1-2-6-12-10;/h1-3,6,9H,4-5,7-8H2,(H,14,15);1H. The van der Waals surface area contributed by atoms with Crippen LogP contribution in [0.15, 0.2) is 24.4 Å². The number of aromatic nitrogens is 1. The zero-order chi connectivity index (χ0) is 10.7. The van der Waals surface area contributed by atoms with Gasteiger partial charge in [0.15, 0.2) is 0 Å². The van der Waals surface area contributed by atoms with Crippen molar-refractivity contribution in [1.82, 2.24) is 4.98 Å². The molecule has 16 heavy (non-hydrogen) atoms. The summed E-state index contributed by atoms with van der Waals surface area (Å²) in [6.45, 7) is 1.57. The number of hydrogen-bond donors (Lipinski definition) is 1. The molecule has 0 radical (unpaired) electrons. The third kappa shape index (κ3) is 2.85. The van der Waals surface area contributed by atoms with E-state index in [1.54, 1.807) is 6.20 Å². The smallest absolute Gasteiger partial charge is 0.306 e. The van der Waals surface area contributed by atoms with E-state index in [2.05, 4.69) is 9.88 Å². The average molecular weight is 243 g/mol. The van der Waals surface area contributed by atoms with E-state index < -0.39 is 5.97 Å². The molecule has 4 nitrogen and oxygen atoms in total. The van der Waals surface area contributed by atoms with Crippen LogP contribution in [0.1, 0.15) is 12.8 Å². The third-order valence-corrected chi connectivity index (χ3v) is 2.82. The second-order valence-electron chi connectivity index (χ2n) is 3.79. The number of rotatable bonds is 2. The predicted molar refractivity (Wildman–Crippen MR) is 64.1 cm³/mol. The Hall–Kier alpha value is -1.29. The fourth-order valence-corrected chi connectivity index (χ4v) is 1.90. The highest BCUT2D eigenvalue weighted by Crippen LogP contribution is 2.21. The molecule has 0 saturated carbocycles. The van der Waals surface area contributed by atoms with Crippen LogP contribution < -0.4 is 4.90 Å². The van der Waals surface area contributed by atoms with Gasteiger partial charge in [0.05, 0.1) is 5.92 Å². The number of hydrogen-bond acceptors (Lipinski definition) is 3. The molecule has 2 rings (SSSR count). The van der Waals surface area contributed by atoms with E-state index in [1.165, 1.54) is 0 Å². The first kappa shape index (κ1) is 12.8. The van der Waals surface area contributed by atoms with Gasteiger partial charge in [0.25, 0.3) is 0 Å². The summed E-state index contributed by atoms with van der Waals surface area (Å²) in [5.41, 5.74) is 0. The summed E-state index contributed by atoms with van der Waals surface area (Å²) in [5.74, 6) is 0.0990. The van der Waals surface area contributed by atoms with E-state index in [-0.39, 0.29) is 18.3 Å². The maximum absolute atomic E-state index is 10.8. The molecule has 1 aliphatic rings. The lowest BCUT2D eigenvalue weighted by Gasteiger charge is -2.30. The molecule has 88 valence electrons. The average Bonchev–Trinajstić information content (AvgIpc) is 2.30. The molecule has 1 saturated heterocycles. The molecule has 0 aliphatic carbocycles. The largest absolute Gasteiger partial charge is 0.481 e. The van der Waals surface area contributed by atoms with Gasteiger partial charge in [0.1, 0.15) is 5.82 Å². The van der Waals surface area contributed by atoms with Crippen molar-refractivity contribution in [2.75, 3.05) is 18.0 Å². The summed E-state index contributed by atoms with van der Waals surface area (Å²) < 4.78 is 0. The van der Waals surface area contributed by atoms with Gasteiger partial charge in [-0.05, 0) is 25.0 Å². The highest BCUT2D eigenvalue weighted by molar-refractivity contribution is 5.85. The van der Waals surface area contributed by atoms with Gasteiger partial charge >= 0.3 is 5.97 Å². The molecule has 1 aromatic rings. The van der Waals surface area contributed by atoms with E-state index in [9.17, 15) is 4.79 Å². The van der Waals surface area contributed by atoms with Crippen LogP contribution in [-0.4, -0.2) is 29.1 Å². The number of halogens is 1. The number of anilines is 1. The highest BCUT2D eigenvalue weighted by Gasteiger charge is 2.24. The lowest BCUT2D eigenvalue weighted by Crippen LogP contribution is -2.36. The van der Waals surface area contributed by atoms with Crippen LogP contribution in [0.3, 0.4) is 0 Å². The molecule has 1 aliphatic heterocycles. The molecule has 1 fully saturated rings. The molecular weight excluding hydrogens is 228 g/mol. The second-order valence-corrected chi connectivity index (χ2v) is 3.79. The number of carboxylic acid groups (broad SMARTS) is 1. The van der Waals surface area contributed by atoms with E-state index in [1.807, 2.05) is 18.2 Å². The van der Waals surface area contributed by atoms with Gasteiger partial charge in [-0.1, -0.05) is 6.07 Å². The maximum atomic E-state index is 10.8. The number of aliphatic carboxylic acids is 1. The van der Waals surface area contributed by atoms with Gasteiger partial charge in [-0.2, -0.15) is 0 Å². The van der Waals surface area contributed by atoms with Gasteiger partial charge in [0.2, 0.25) is 0 Å². The van der Waals surface area contributed by atoms with E-state index in [4.69, 9.17) is 5.11 Å². The summed E-state index contributed by atoms with van der Waals surface area (Å²) in [7, 11) is 0. The van der Waals surface area contributed by atoms with Crippen molar-refractivity contribution < 1.29 is 9.90 Å². The van der Waals surface area contributed by atoms with Crippen molar-refractivity contribution in [2.45, 2.75) is 12.8 Å². The van der Waals surface area contributed by atoms with Crippen LogP contribution in [0.5, 0.6) is 0 Å².